The highest BCUT2D eigenvalue weighted by Crippen LogP contribution is 2.38. The van der Waals surface area contributed by atoms with Crippen molar-refractivity contribution in [2.24, 2.45) is 4.99 Å². The van der Waals surface area contributed by atoms with Crippen molar-refractivity contribution in [3.8, 4) is 17.4 Å². The summed E-state index contributed by atoms with van der Waals surface area (Å²) < 4.78 is 12.9. The van der Waals surface area contributed by atoms with Crippen molar-refractivity contribution in [3.63, 3.8) is 0 Å². The number of aliphatic imine (C=N–C) groups is 1. The Bertz CT molecular complexity index is 1280. The van der Waals surface area contributed by atoms with Crippen molar-refractivity contribution < 1.29 is 14.6 Å². The highest BCUT2D eigenvalue weighted by molar-refractivity contribution is 9.10. The molecule has 3 aromatic rings. The molecule has 0 aliphatic carbocycles. The third kappa shape index (κ3) is 3.27. The van der Waals surface area contributed by atoms with E-state index in [-0.39, 0.29) is 24.1 Å². The highest BCUT2D eigenvalue weighted by Gasteiger charge is 2.20. The fourth-order valence-corrected chi connectivity index (χ4v) is 4.63. The van der Waals surface area contributed by atoms with Crippen LogP contribution in [0.5, 0.6) is 17.4 Å². The average molecular weight is 492 g/mol. The van der Waals surface area contributed by atoms with Crippen molar-refractivity contribution in [1.29, 1.82) is 0 Å². The van der Waals surface area contributed by atoms with Gasteiger partial charge in [-0.1, -0.05) is 38.9 Å². The Morgan fingerprint density at radius 1 is 1.28 bits per heavy atom. The molecule has 0 saturated heterocycles. The smallest absolute Gasteiger partial charge is 0.310 e. The van der Waals surface area contributed by atoms with Crippen LogP contribution in [0.25, 0.3) is 11.6 Å². The highest BCUT2D eigenvalue weighted by atomic mass is 79.9. The molecule has 6 nitrogen and oxygen atoms in total. The lowest BCUT2D eigenvalue weighted by molar-refractivity contribution is 0.174. The predicted octanol–water partition coefficient (Wildman–Crippen LogP) is 5.06. The topological polar surface area (TPSA) is 73.0 Å². The molecule has 2 aliphatic rings. The summed E-state index contributed by atoms with van der Waals surface area (Å²) in [6, 6.07) is 9.16. The molecule has 0 radical (unpaired) electrons. The van der Waals surface area contributed by atoms with Gasteiger partial charge in [-0.15, -0.1) is 0 Å². The SMILES string of the molecule is O=c1sc(/C=C2/C=Nc3ccc(Br)cc32)c(O)n1Cc1cc2c(cc1Cl)OCO2. The van der Waals surface area contributed by atoms with Gasteiger partial charge in [0.15, 0.2) is 11.5 Å². The first-order valence-electron chi connectivity index (χ1n) is 8.56. The number of ether oxygens (including phenoxy) is 2. The van der Waals surface area contributed by atoms with Gasteiger partial charge in [0.1, 0.15) is 0 Å². The van der Waals surface area contributed by atoms with E-state index in [0.717, 1.165) is 32.6 Å². The van der Waals surface area contributed by atoms with Crippen LogP contribution in [0.2, 0.25) is 5.02 Å². The maximum atomic E-state index is 12.5. The van der Waals surface area contributed by atoms with Crippen molar-refractivity contribution in [1.82, 2.24) is 4.57 Å². The van der Waals surface area contributed by atoms with Crippen LogP contribution < -0.4 is 14.3 Å². The van der Waals surface area contributed by atoms with E-state index in [0.29, 0.717) is 27.0 Å². The minimum Gasteiger partial charge on any atom is -0.493 e. The Balaban J connectivity index is 1.51. The van der Waals surface area contributed by atoms with Crippen molar-refractivity contribution in [2.75, 3.05) is 6.79 Å². The van der Waals surface area contributed by atoms with Gasteiger partial charge in [-0.25, -0.2) is 0 Å². The Labute approximate surface area is 182 Å². The van der Waals surface area contributed by atoms with E-state index in [1.54, 1.807) is 24.4 Å². The van der Waals surface area contributed by atoms with E-state index in [4.69, 9.17) is 21.1 Å². The molecule has 29 heavy (non-hydrogen) atoms. The van der Waals surface area contributed by atoms with Gasteiger partial charge in [-0.05, 0) is 35.9 Å². The number of aromatic nitrogens is 1. The molecule has 1 N–H and O–H groups in total. The van der Waals surface area contributed by atoms with Crippen LogP contribution in [0, 0.1) is 0 Å². The molecular formula is C20H12BrClN2O4S. The summed E-state index contributed by atoms with van der Waals surface area (Å²) in [5, 5.41) is 11.1. The van der Waals surface area contributed by atoms with Crippen molar-refractivity contribution >= 4 is 62.4 Å². The maximum absolute atomic E-state index is 12.5. The average Bonchev–Trinajstić information content (AvgIpc) is 3.37. The summed E-state index contributed by atoms with van der Waals surface area (Å²) in [6.45, 7) is 0.256. The molecule has 0 spiro atoms. The first-order valence-corrected chi connectivity index (χ1v) is 10.5. The lowest BCUT2D eigenvalue weighted by Gasteiger charge is -2.08. The van der Waals surface area contributed by atoms with Crippen molar-refractivity contribution in [2.45, 2.75) is 6.54 Å². The number of rotatable bonds is 3. The van der Waals surface area contributed by atoms with Crippen LogP contribution in [0.1, 0.15) is 16.0 Å². The molecule has 0 atom stereocenters. The molecule has 3 heterocycles. The molecular weight excluding hydrogens is 480 g/mol. The lowest BCUT2D eigenvalue weighted by Crippen LogP contribution is -2.13. The molecule has 0 amide bonds. The second-order valence-electron chi connectivity index (χ2n) is 6.46. The number of benzene rings is 2. The Morgan fingerprint density at radius 3 is 2.90 bits per heavy atom. The van der Waals surface area contributed by atoms with E-state index < -0.39 is 0 Å². The fraction of sp³-hybridized carbons (Fsp3) is 0.100. The number of fused-ring (bicyclic) bond motifs is 2. The molecule has 146 valence electrons. The summed E-state index contributed by atoms with van der Waals surface area (Å²) in [7, 11) is 0. The molecule has 9 heteroatoms. The number of hydrogen-bond donors (Lipinski definition) is 1. The number of halogens is 2. The van der Waals surface area contributed by atoms with Gasteiger partial charge in [-0.2, -0.15) is 0 Å². The quantitative estimate of drug-likeness (QED) is 0.555. The summed E-state index contributed by atoms with van der Waals surface area (Å²) in [5.41, 5.74) is 3.26. The molecule has 0 unspecified atom stereocenters. The maximum Gasteiger partial charge on any atom is 0.310 e. The van der Waals surface area contributed by atoms with Crippen LogP contribution in [0.3, 0.4) is 0 Å². The monoisotopic (exact) mass is 490 g/mol. The fourth-order valence-electron chi connectivity index (χ4n) is 3.22. The van der Waals surface area contributed by atoms with Crippen LogP contribution in [0.15, 0.2) is 44.6 Å². The van der Waals surface area contributed by atoms with E-state index in [9.17, 15) is 9.90 Å². The number of hydrogen-bond acceptors (Lipinski definition) is 6. The van der Waals surface area contributed by atoms with Crippen LogP contribution >= 0.6 is 38.9 Å². The zero-order valence-corrected chi connectivity index (χ0v) is 17.8. The second-order valence-corrected chi connectivity index (χ2v) is 8.77. The van der Waals surface area contributed by atoms with Gasteiger partial charge >= 0.3 is 4.87 Å². The molecule has 0 bridgehead atoms. The van der Waals surface area contributed by atoms with E-state index in [1.165, 1.54) is 4.57 Å². The minimum absolute atomic E-state index is 0.113. The number of nitrogens with zero attached hydrogens (tertiary/aromatic N) is 2. The van der Waals surface area contributed by atoms with E-state index >= 15 is 0 Å². The zero-order valence-electron chi connectivity index (χ0n) is 14.7. The summed E-state index contributed by atoms with van der Waals surface area (Å²) in [6.07, 6.45) is 3.49. The molecule has 2 aromatic carbocycles. The Hall–Kier alpha value is -2.55. The van der Waals surface area contributed by atoms with Gasteiger partial charge < -0.3 is 14.6 Å². The second kappa shape index (κ2) is 7.05. The van der Waals surface area contributed by atoms with Gasteiger partial charge in [0.2, 0.25) is 12.7 Å². The van der Waals surface area contributed by atoms with Gasteiger partial charge in [0.25, 0.3) is 0 Å². The van der Waals surface area contributed by atoms with E-state index in [2.05, 4.69) is 20.9 Å². The van der Waals surface area contributed by atoms with Crippen LogP contribution in [-0.4, -0.2) is 22.7 Å². The third-order valence-corrected chi connectivity index (χ3v) is 6.42. The Kier molecular flexibility index (Phi) is 4.49. The normalized spacial score (nSPS) is 15.3. The Morgan fingerprint density at radius 2 is 2.07 bits per heavy atom. The first-order chi connectivity index (χ1) is 14.0. The summed E-state index contributed by atoms with van der Waals surface area (Å²) in [5.74, 6) is 1.02. The summed E-state index contributed by atoms with van der Waals surface area (Å²) in [4.78, 5) is 17.1. The number of aromatic hydroxyl groups is 1. The first kappa shape index (κ1) is 18.5. The standard InChI is InChI=1S/C20H12BrClN2O4S/c21-12-1-2-15-13(5-12)10(7-23-15)4-18-19(25)24(20(26)29-18)8-11-3-16-17(6-14(11)22)28-9-27-16/h1-7,25H,8-9H2/b10-4-. The van der Waals surface area contributed by atoms with Crippen molar-refractivity contribution in [3.05, 3.63) is 65.5 Å². The molecule has 0 fully saturated rings. The number of allylic oxidation sites excluding steroid dienone is 1. The largest absolute Gasteiger partial charge is 0.493 e. The molecule has 2 aliphatic heterocycles. The van der Waals surface area contributed by atoms with Crippen LogP contribution in [0.4, 0.5) is 5.69 Å². The van der Waals surface area contributed by atoms with Crippen LogP contribution in [-0.2, 0) is 6.54 Å². The molecule has 1 aromatic heterocycles. The van der Waals surface area contributed by atoms with Gasteiger partial charge in [0.05, 0.1) is 17.1 Å². The molecule has 0 saturated carbocycles. The van der Waals surface area contributed by atoms with Gasteiger partial charge in [-0.3, -0.25) is 14.4 Å². The predicted molar refractivity (Wildman–Crippen MR) is 117 cm³/mol. The number of thiazole rings is 1. The summed E-state index contributed by atoms with van der Waals surface area (Å²) >= 11 is 10.7. The third-order valence-electron chi connectivity index (χ3n) is 4.66. The van der Waals surface area contributed by atoms with Gasteiger partial charge in [0, 0.05) is 32.9 Å². The minimum atomic E-state index is -0.285. The zero-order chi connectivity index (χ0) is 20.1. The van der Waals surface area contributed by atoms with E-state index in [1.807, 2.05) is 18.2 Å². The molecule has 5 rings (SSSR count). The lowest BCUT2D eigenvalue weighted by atomic mass is 10.1.